The van der Waals surface area contributed by atoms with E-state index < -0.39 is 23.0 Å². The smallest absolute Gasteiger partial charge is 0.328 e. The molecule has 0 unspecified atom stereocenters. The summed E-state index contributed by atoms with van der Waals surface area (Å²) in [4.78, 5) is 37.1. The molecule has 0 bridgehead atoms. The Kier molecular flexibility index (Phi) is 6.05. The lowest BCUT2D eigenvalue weighted by Gasteiger charge is -2.22. The number of carbonyl (C=O) groups is 1. The SMILES string of the molecule is O=C(Cn1ccc(=O)[nH]c1=O)Nc1ccc(F)cc1OCC1CCCCC1. The van der Waals surface area contributed by atoms with Crippen molar-refractivity contribution < 1.29 is 13.9 Å². The fraction of sp³-hybridized carbons (Fsp3) is 0.421. The lowest BCUT2D eigenvalue weighted by molar-refractivity contribution is -0.116. The molecule has 0 radical (unpaired) electrons. The number of nitrogens with one attached hydrogen (secondary N) is 2. The number of H-pyrrole nitrogens is 1. The van der Waals surface area contributed by atoms with E-state index in [1.54, 1.807) is 0 Å². The Morgan fingerprint density at radius 3 is 2.74 bits per heavy atom. The van der Waals surface area contributed by atoms with E-state index in [1.165, 1.54) is 43.7 Å². The van der Waals surface area contributed by atoms with Crippen LogP contribution in [-0.4, -0.2) is 22.1 Å². The van der Waals surface area contributed by atoms with Gasteiger partial charge in [-0.1, -0.05) is 19.3 Å². The summed E-state index contributed by atoms with van der Waals surface area (Å²) in [5.74, 6) is -0.241. The molecule has 1 aromatic carbocycles. The number of ether oxygens (including phenoxy) is 1. The molecule has 8 heteroatoms. The number of anilines is 1. The molecule has 0 spiro atoms. The second-order valence-electron chi connectivity index (χ2n) is 6.74. The van der Waals surface area contributed by atoms with Gasteiger partial charge >= 0.3 is 5.69 Å². The highest BCUT2D eigenvalue weighted by Crippen LogP contribution is 2.29. The zero-order valence-electron chi connectivity index (χ0n) is 14.9. The van der Waals surface area contributed by atoms with Crippen LogP contribution in [0.1, 0.15) is 32.1 Å². The summed E-state index contributed by atoms with van der Waals surface area (Å²) in [7, 11) is 0. The van der Waals surface area contributed by atoms with Crippen molar-refractivity contribution in [2.45, 2.75) is 38.6 Å². The van der Waals surface area contributed by atoms with E-state index in [4.69, 9.17) is 4.74 Å². The maximum absolute atomic E-state index is 13.6. The number of benzene rings is 1. The van der Waals surface area contributed by atoms with E-state index in [2.05, 4.69) is 10.3 Å². The zero-order valence-corrected chi connectivity index (χ0v) is 14.9. The zero-order chi connectivity index (χ0) is 19.2. The number of hydrogen-bond acceptors (Lipinski definition) is 4. The monoisotopic (exact) mass is 375 g/mol. The highest BCUT2D eigenvalue weighted by Gasteiger charge is 2.16. The first-order valence-electron chi connectivity index (χ1n) is 9.03. The molecule has 144 valence electrons. The Morgan fingerprint density at radius 1 is 1.22 bits per heavy atom. The second kappa shape index (κ2) is 8.66. The van der Waals surface area contributed by atoms with Gasteiger partial charge in [0.2, 0.25) is 5.91 Å². The Labute approximate surface area is 155 Å². The Balaban J connectivity index is 1.67. The van der Waals surface area contributed by atoms with Crippen molar-refractivity contribution in [1.82, 2.24) is 9.55 Å². The van der Waals surface area contributed by atoms with Gasteiger partial charge in [0.1, 0.15) is 18.1 Å². The standard InChI is InChI=1S/C19H22FN3O4/c20-14-6-7-15(16(10-14)27-12-13-4-2-1-3-5-13)21-18(25)11-23-9-8-17(24)22-19(23)26/h6-10,13H,1-5,11-12H2,(H,21,25)(H,22,24,26). The first kappa shape index (κ1) is 18.9. The summed E-state index contributed by atoms with van der Waals surface area (Å²) in [5, 5.41) is 2.63. The normalized spacial score (nSPS) is 14.7. The van der Waals surface area contributed by atoms with E-state index in [1.807, 2.05) is 0 Å². The topological polar surface area (TPSA) is 93.2 Å². The van der Waals surface area contributed by atoms with Crippen LogP contribution in [0.15, 0.2) is 40.1 Å². The van der Waals surface area contributed by atoms with Gasteiger partial charge in [0, 0.05) is 18.3 Å². The maximum Gasteiger partial charge on any atom is 0.328 e. The van der Waals surface area contributed by atoms with Crippen molar-refractivity contribution in [3.63, 3.8) is 0 Å². The Bertz CT molecular complexity index is 916. The van der Waals surface area contributed by atoms with Crippen molar-refractivity contribution in [2.75, 3.05) is 11.9 Å². The van der Waals surface area contributed by atoms with Crippen molar-refractivity contribution in [1.29, 1.82) is 0 Å². The fourth-order valence-corrected chi connectivity index (χ4v) is 3.19. The van der Waals surface area contributed by atoms with Crippen LogP contribution < -0.4 is 21.3 Å². The largest absolute Gasteiger partial charge is 0.491 e. The van der Waals surface area contributed by atoms with Gasteiger partial charge in [-0.05, 0) is 30.9 Å². The van der Waals surface area contributed by atoms with Crippen LogP contribution in [-0.2, 0) is 11.3 Å². The molecule has 2 N–H and O–H groups in total. The first-order valence-corrected chi connectivity index (χ1v) is 9.03. The Hall–Kier alpha value is -2.90. The number of amides is 1. The third-order valence-electron chi connectivity index (χ3n) is 4.63. The number of halogens is 1. The third kappa shape index (κ3) is 5.29. The molecule has 1 amide bonds. The predicted molar refractivity (Wildman–Crippen MR) is 98.4 cm³/mol. The van der Waals surface area contributed by atoms with E-state index in [-0.39, 0.29) is 12.3 Å². The van der Waals surface area contributed by atoms with E-state index >= 15 is 0 Å². The van der Waals surface area contributed by atoms with Crippen LogP contribution in [0.25, 0.3) is 0 Å². The van der Waals surface area contributed by atoms with Gasteiger partial charge in [0.25, 0.3) is 5.56 Å². The Morgan fingerprint density at radius 2 is 2.00 bits per heavy atom. The number of rotatable bonds is 6. The molecular weight excluding hydrogens is 353 g/mol. The van der Waals surface area contributed by atoms with E-state index in [0.29, 0.717) is 18.2 Å². The number of nitrogens with zero attached hydrogens (tertiary/aromatic N) is 1. The van der Waals surface area contributed by atoms with Gasteiger partial charge in [-0.25, -0.2) is 9.18 Å². The average Bonchev–Trinajstić information content (AvgIpc) is 2.65. The highest BCUT2D eigenvalue weighted by molar-refractivity contribution is 5.92. The first-order chi connectivity index (χ1) is 13.0. The average molecular weight is 375 g/mol. The van der Waals surface area contributed by atoms with Gasteiger partial charge in [-0.15, -0.1) is 0 Å². The summed E-state index contributed by atoms with van der Waals surface area (Å²) in [6, 6.07) is 5.06. The fourth-order valence-electron chi connectivity index (χ4n) is 3.19. The highest BCUT2D eigenvalue weighted by atomic mass is 19.1. The van der Waals surface area contributed by atoms with Crippen molar-refractivity contribution in [3.05, 3.63) is 57.1 Å². The van der Waals surface area contributed by atoms with Gasteiger partial charge in [-0.3, -0.25) is 19.1 Å². The van der Waals surface area contributed by atoms with Crippen LogP contribution >= 0.6 is 0 Å². The van der Waals surface area contributed by atoms with Gasteiger partial charge in [0.05, 0.1) is 12.3 Å². The number of hydrogen-bond donors (Lipinski definition) is 2. The minimum absolute atomic E-state index is 0.266. The summed E-state index contributed by atoms with van der Waals surface area (Å²) in [6.45, 7) is 0.195. The molecular formula is C19H22FN3O4. The minimum Gasteiger partial charge on any atom is -0.491 e. The molecule has 1 heterocycles. The van der Waals surface area contributed by atoms with E-state index in [9.17, 15) is 18.8 Å². The third-order valence-corrected chi connectivity index (χ3v) is 4.63. The molecule has 1 aromatic heterocycles. The summed E-state index contributed by atoms with van der Waals surface area (Å²) >= 11 is 0. The summed E-state index contributed by atoms with van der Waals surface area (Å²) in [5.41, 5.74) is -0.867. The molecule has 2 aromatic rings. The van der Waals surface area contributed by atoms with Crippen molar-refractivity contribution >= 4 is 11.6 Å². The predicted octanol–water partition coefficient (Wildman–Crippen LogP) is 2.27. The molecule has 1 aliphatic rings. The van der Waals surface area contributed by atoms with Gasteiger partial charge < -0.3 is 10.1 Å². The molecule has 0 aliphatic heterocycles. The van der Waals surface area contributed by atoms with Crippen LogP contribution in [0, 0.1) is 11.7 Å². The lowest BCUT2D eigenvalue weighted by Crippen LogP contribution is -2.32. The number of aromatic nitrogens is 2. The molecule has 3 rings (SSSR count). The molecule has 1 fully saturated rings. The van der Waals surface area contributed by atoms with Gasteiger partial charge in [-0.2, -0.15) is 0 Å². The summed E-state index contributed by atoms with van der Waals surface area (Å²) < 4.78 is 20.5. The van der Waals surface area contributed by atoms with Crippen LogP contribution in [0.3, 0.4) is 0 Å². The second-order valence-corrected chi connectivity index (χ2v) is 6.74. The van der Waals surface area contributed by atoms with Crippen LogP contribution in [0.2, 0.25) is 0 Å². The molecule has 7 nitrogen and oxygen atoms in total. The van der Waals surface area contributed by atoms with Crippen molar-refractivity contribution in [2.24, 2.45) is 5.92 Å². The van der Waals surface area contributed by atoms with Gasteiger partial charge in [0.15, 0.2) is 0 Å². The minimum atomic E-state index is -0.675. The molecule has 0 atom stereocenters. The van der Waals surface area contributed by atoms with Crippen molar-refractivity contribution in [3.8, 4) is 5.75 Å². The van der Waals surface area contributed by atoms with Crippen LogP contribution in [0.5, 0.6) is 5.75 Å². The van der Waals surface area contributed by atoms with Crippen LogP contribution in [0.4, 0.5) is 10.1 Å². The lowest BCUT2D eigenvalue weighted by atomic mass is 9.90. The quantitative estimate of drug-likeness (QED) is 0.810. The molecule has 0 saturated heterocycles. The number of carbonyl (C=O) groups excluding carboxylic acids is 1. The number of aromatic amines is 1. The summed E-state index contributed by atoms with van der Waals surface area (Å²) in [6.07, 6.45) is 7.01. The molecule has 1 saturated carbocycles. The maximum atomic E-state index is 13.6. The van der Waals surface area contributed by atoms with E-state index in [0.717, 1.165) is 23.5 Å². The molecule has 27 heavy (non-hydrogen) atoms. The molecule has 1 aliphatic carbocycles.